The van der Waals surface area contributed by atoms with Gasteiger partial charge in [-0.05, 0) is 52.0 Å². The van der Waals surface area contributed by atoms with E-state index in [1.807, 2.05) is 11.8 Å². The van der Waals surface area contributed by atoms with E-state index in [-0.39, 0.29) is 11.4 Å². The number of furan rings is 1. The third kappa shape index (κ3) is 3.91. The van der Waals surface area contributed by atoms with Gasteiger partial charge in [0.1, 0.15) is 17.9 Å². The predicted octanol–water partition coefficient (Wildman–Crippen LogP) is 5.21. The lowest BCUT2D eigenvalue weighted by molar-refractivity contribution is 0.0754. The largest absolute Gasteiger partial charge is 0.442 e. The Morgan fingerprint density at radius 3 is 2.68 bits per heavy atom. The van der Waals surface area contributed by atoms with Gasteiger partial charge >= 0.3 is 0 Å². The summed E-state index contributed by atoms with van der Waals surface area (Å²) in [6, 6.07) is 8.74. The van der Waals surface area contributed by atoms with Crippen LogP contribution in [0, 0.1) is 13.8 Å². The molecule has 5 rings (SSSR count). The van der Waals surface area contributed by atoms with Crippen molar-refractivity contribution < 1.29 is 9.21 Å². The zero-order valence-electron chi connectivity index (χ0n) is 18.6. The van der Waals surface area contributed by atoms with Crippen LogP contribution in [0.4, 0.5) is 5.82 Å². The van der Waals surface area contributed by atoms with Crippen LogP contribution in [-0.2, 0) is 0 Å². The smallest absolute Gasteiger partial charge is 0.258 e. The molecule has 1 atom stereocenters. The van der Waals surface area contributed by atoms with Gasteiger partial charge in [0.2, 0.25) is 5.71 Å². The molecule has 0 radical (unpaired) electrons. The molecule has 3 heterocycles. The lowest BCUT2D eigenvalue weighted by atomic mass is 9.93. The van der Waals surface area contributed by atoms with Crippen LogP contribution in [0.1, 0.15) is 72.2 Å². The fourth-order valence-electron chi connectivity index (χ4n) is 4.59. The van der Waals surface area contributed by atoms with Crippen LogP contribution in [0.15, 0.2) is 35.0 Å². The van der Waals surface area contributed by atoms with E-state index in [4.69, 9.17) is 4.42 Å². The molecule has 1 saturated heterocycles. The van der Waals surface area contributed by atoms with Crippen LogP contribution in [0.2, 0.25) is 0 Å². The molecule has 3 aromatic rings. The second-order valence-electron chi connectivity index (χ2n) is 9.48. The Morgan fingerprint density at radius 2 is 1.94 bits per heavy atom. The summed E-state index contributed by atoms with van der Waals surface area (Å²) in [4.78, 5) is 24.6. The van der Waals surface area contributed by atoms with Gasteiger partial charge in [-0.15, -0.1) is 0 Å². The van der Waals surface area contributed by atoms with E-state index in [2.05, 4.69) is 53.4 Å². The third-order valence-corrected chi connectivity index (χ3v) is 6.81. The number of aryl methyl sites for hydroxylation is 2. The molecule has 1 N–H and O–H groups in total. The first-order valence-corrected chi connectivity index (χ1v) is 11.3. The first-order valence-electron chi connectivity index (χ1n) is 11.3. The monoisotopic (exact) mass is 418 g/mol. The molecule has 6 nitrogen and oxygen atoms in total. The highest BCUT2D eigenvalue weighted by Crippen LogP contribution is 2.40. The van der Waals surface area contributed by atoms with Crippen molar-refractivity contribution in [1.29, 1.82) is 0 Å². The fourth-order valence-corrected chi connectivity index (χ4v) is 4.59. The summed E-state index contributed by atoms with van der Waals surface area (Å²) in [6.07, 6.45) is 6.95. The number of benzene rings is 1. The van der Waals surface area contributed by atoms with Crippen molar-refractivity contribution in [3.8, 4) is 0 Å². The van der Waals surface area contributed by atoms with Crippen LogP contribution < -0.4 is 5.32 Å². The number of carbonyl (C=O) groups excluding carboxylic acids is 1. The number of anilines is 1. The molecule has 2 aliphatic rings. The highest BCUT2D eigenvalue weighted by atomic mass is 16.3. The van der Waals surface area contributed by atoms with Crippen molar-refractivity contribution in [2.45, 2.75) is 64.3 Å². The van der Waals surface area contributed by atoms with Crippen molar-refractivity contribution in [2.75, 3.05) is 18.4 Å². The molecule has 162 valence electrons. The van der Waals surface area contributed by atoms with Gasteiger partial charge in [-0.25, -0.2) is 9.97 Å². The summed E-state index contributed by atoms with van der Waals surface area (Å²) in [5, 5.41) is 4.23. The molecule has 2 aromatic heterocycles. The quantitative estimate of drug-likeness (QED) is 0.629. The molecular weight excluding hydrogens is 388 g/mol. The number of rotatable bonds is 4. The molecule has 1 aromatic carbocycles. The predicted molar refractivity (Wildman–Crippen MR) is 121 cm³/mol. The Balaban J connectivity index is 1.48. The van der Waals surface area contributed by atoms with Crippen molar-refractivity contribution >= 4 is 22.8 Å². The molecule has 1 amide bonds. The third-order valence-electron chi connectivity index (χ3n) is 6.81. The van der Waals surface area contributed by atoms with E-state index >= 15 is 0 Å². The summed E-state index contributed by atoms with van der Waals surface area (Å²) >= 11 is 0. The number of hydrogen-bond donors (Lipinski definition) is 1. The van der Waals surface area contributed by atoms with E-state index in [1.165, 1.54) is 17.5 Å². The number of amides is 1. The minimum atomic E-state index is 0.0223. The topological polar surface area (TPSA) is 71.3 Å². The maximum atomic E-state index is 13.8. The zero-order chi connectivity index (χ0) is 21.6. The van der Waals surface area contributed by atoms with Crippen LogP contribution in [0.25, 0.3) is 11.1 Å². The van der Waals surface area contributed by atoms with Gasteiger partial charge in [0.25, 0.3) is 5.91 Å². The van der Waals surface area contributed by atoms with Gasteiger partial charge in [0, 0.05) is 24.5 Å². The van der Waals surface area contributed by atoms with Crippen LogP contribution in [0.5, 0.6) is 0 Å². The summed E-state index contributed by atoms with van der Waals surface area (Å²) in [6.45, 7) is 7.63. The molecule has 1 unspecified atom stereocenters. The molecule has 0 bridgehead atoms. The van der Waals surface area contributed by atoms with Crippen molar-refractivity contribution in [1.82, 2.24) is 14.9 Å². The number of fused-ring (bicyclic) bond motifs is 1. The Bertz CT molecular complexity index is 1110. The summed E-state index contributed by atoms with van der Waals surface area (Å²) in [7, 11) is 0. The van der Waals surface area contributed by atoms with Crippen LogP contribution >= 0.6 is 0 Å². The highest BCUT2D eigenvalue weighted by molar-refractivity contribution is 6.10. The first kappa shape index (κ1) is 20.0. The molecule has 1 aliphatic carbocycles. The summed E-state index contributed by atoms with van der Waals surface area (Å²) in [5.41, 5.74) is 3.70. The average molecular weight is 419 g/mol. The normalized spacial score (nSPS) is 20.5. The number of nitrogens with zero attached hydrogens (tertiary/aromatic N) is 3. The standard InChI is InChI=1S/C25H30N4O2/c1-16-7-9-18(10-8-16)19-6-4-5-13-29(14-19)24(30)20-17(2)31-23-21(20)22(26-15-27-23)28-25(3)11-12-25/h7-10,15,19H,4-6,11-14H2,1-3H3,(H,26,27,28). The van der Waals surface area contributed by atoms with Crippen molar-refractivity contribution in [2.24, 2.45) is 0 Å². The average Bonchev–Trinajstić information content (AvgIpc) is 3.44. The van der Waals surface area contributed by atoms with Crippen molar-refractivity contribution in [3.05, 3.63) is 53.0 Å². The fraction of sp³-hybridized carbons (Fsp3) is 0.480. The molecule has 1 aliphatic heterocycles. The minimum Gasteiger partial charge on any atom is -0.442 e. The van der Waals surface area contributed by atoms with Crippen LogP contribution in [0.3, 0.4) is 0 Å². The summed E-state index contributed by atoms with van der Waals surface area (Å²) < 4.78 is 5.90. The van der Waals surface area contributed by atoms with Gasteiger partial charge in [-0.2, -0.15) is 0 Å². The van der Waals surface area contributed by atoms with Gasteiger partial charge < -0.3 is 14.6 Å². The Hall–Kier alpha value is -2.89. The van der Waals surface area contributed by atoms with E-state index in [0.29, 0.717) is 34.2 Å². The second-order valence-corrected chi connectivity index (χ2v) is 9.48. The number of carbonyl (C=O) groups is 1. The van der Waals surface area contributed by atoms with E-state index in [9.17, 15) is 4.79 Å². The van der Waals surface area contributed by atoms with E-state index in [1.54, 1.807) is 0 Å². The number of nitrogens with one attached hydrogen (secondary N) is 1. The lowest BCUT2D eigenvalue weighted by Gasteiger charge is -2.25. The lowest BCUT2D eigenvalue weighted by Crippen LogP contribution is -2.34. The number of aromatic nitrogens is 2. The van der Waals surface area contributed by atoms with Gasteiger partial charge in [0.15, 0.2) is 0 Å². The first-order chi connectivity index (χ1) is 14.9. The molecule has 31 heavy (non-hydrogen) atoms. The van der Waals surface area contributed by atoms with E-state index < -0.39 is 0 Å². The zero-order valence-corrected chi connectivity index (χ0v) is 18.6. The maximum absolute atomic E-state index is 13.8. The molecule has 6 heteroatoms. The molecular formula is C25H30N4O2. The molecule has 0 spiro atoms. The van der Waals surface area contributed by atoms with Gasteiger partial charge in [-0.1, -0.05) is 36.2 Å². The van der Waals surface area contributed by atoms with Crippen molar-refractivity contribution in [3.63, 3.8) is 0 Å². The van der Waals surface area contributed by atoms with Gasteiger partial charge in [-0.3, -0.25) is 4.79 Å². The Kier molecular flexibility index (Phi) is 4.95. The molecule has 2 fully saturated rings. The number of likely N-dealkylation sites (tertiary alicyclic amines) is 1. The Morgan fingerprint density at radius 1 is 1.16 bits per heavy atom. The van der Waals surface area contributed by atoms with E-state index in [0.717, 1.165) is 45.2 Å². The van der Waals surface area contributed by atoms with Crippen LogP contribution in [-0.4, -0.2) is 39.4 Å². The van der Waals surface area contributed by atoms with Gasteiger partial charge in [0.05, 0.1) is 10.9 Å². The highest BCUT2D eigenvalue weighted by Gasteiger charge is 2.39. The number of hydrogen-bond acceptors (Lipinski definition) is 5. The Labute approximate surface area is 183 Å². The molecule has 1 saturated carbocycles. The minimum absolute atomic E-state index is 0.0223. The SMILES string of the molecule is Cc1ccc(C2CCCCN(C(=O)c3c(C)oc4ncnc(NC5(C)CC5)c34)C2)cc1. The maximum Gasteiger partial charge on any atom is 0.258 e. The second kappa shape index (κ2) is 7.66. The summed E-state index contributed by atoms with van der Waals surface area (Å²) in [5.74, 6) is 1.69.